The molecule has 0 unspecified atom stereocenters. The lowest BCUT2D eigenvalue weighted by Crippen LogP contribution is -2.50. The summed E-state index contributed by atoms with van der Waals surface area (Å²) in [4.78, 5) is 12.3. The quantitative estimate of drug-likeness (QED) is 0.838. The number of hydrogen-bond donors (Lipinski definition) is 2. The highest BCUT2D eigenvalue weighted by atomic mass is 79.9. The highest BCUT2D eigenvalue weighted by Crippen LogP contribution is 2.42. The van der Waals surface area contributed by atoms with Crippen molar-refractivity contribution in [2.75, 3.05) is 5.32 Å². The van der Waals surface area contributed by atoms with Gasteiger partial charge in [0, 0.05) is 4.47 Å². The lowest BCUT2D eigenvalue weighted by atomic mass is 9.68. The highest BCUT2D eigenvalue weighted by Gasteiger charge is 2.47. The first-order chi connectivity index (χ1) is 8.45. The SMILES string of the molecule is NC(=S)C1(C(=O)Nc2ccc(Br)cc2F)CCC1. The van der Waals surface area contributed by atoms with Gasteiger partial charge in [0.05, 0.1) is 16.1 Å². The van der Waals surface area contributed by atoms with Crippen molar-refractivity contribution < 1.29 is 9.18 Å². The van der Waals surface area contributed by atoms with Crippen LogP contribution >= 0.6 is 28.1 Å². The average Bonchev–Trinajstić information content (AvgIpc) is 2.19. The first-order valence-electron chi connectivity index (χ1n) is 5.52. The zero-order chi connectivity index (χ0) is 13.3. The second-order valence-electron chi connectivity index (χ2n) is 4.38. The molecular formula is C12H12BrFN2OS. The Morgan fingerprint density at radius 2 is 2.17 bits per heavy atom. The van der Waals surface area contributed by atoms with Crippen LogP contribution in [0.4, 0.5) is 10.1 Å². The third kappa shape index (κ3) is 2.27. The third-order valence-corrected chi connectivity index (χ3v) is 4.18. The van der Waals surface area contributed by atoms with Crippen LogP contribution in [-0.4, -0.2) is 10.9 Å². The van der Waals surface area contributed by atoms with Crippen LogP contribution in [0.3, 0.4) is 0 Å². The second kappa shape index (κ2) is 4.93. The summed E-state index contributed by atoms with van der Waals surface area (Å²) in [6.07, 6.45) is 2.17. The van der Waals surface area contributed by atoms with Crippen molar-refractivity contribution in [2.45, 2.75) is 19.3 Å². The molecule has 96 valence electrons. The third-order valence-electron chi connectivity index (χ3n) is 3.29. The molecule has 0 heterocycles. The van der Waals surface area contributed by atoms with Crippen LogP contribution in [0.1, 0.15) is 19.3 Å². The summed E-state index contributed by atoms with van der Waals surface area (Å²) in [6, 6.07) is 4.46. The minimum Gasteiger partial charge on any atom is -0.392 e. The van der Waals surface area contributed by atoms with Crippen LogP contribution in [-0.2, 0) is 4.79 Å². The van der Waals surface area contributed by atoms with Crippen molar-refractivity contribution >= 4 is 44.7 Å². The number of nitrogens with two attached hydrogens (primary N) is 1. The lowest BCUT2D eigenvalue weighted by molar-refractivity contribution is -0.125. The minimum absolute atomic E-state index is 0.144. The van der Waals surface area contributed by atoms with Gasteiger partial charge >= 0.3 is 0 Å². The molecule has 0 radical (unpaired) electrons. The molecule has 0 bridgehead atoms. The molecule has 18 heavy (non-hydrogen) atoms. The monoisotopic (exact) mass is 330 g/mol. The molecule has 1 fully saturated rings. The van der Waals surface area contributed by atoms with Gasteiger partial charge in [-0.25, -0.2) is 4.39 Å². The van der Waals surface area contributed by atoms with Gasteiger partial charge in [0.25, 0.3) is 0 Å². The van der Waals surface area contributed by atoms with Crippen molar-refractivity contribution in [2.24, 2.45) is 11.1 Å². The van der Waals surface area contributed by atoms with Crippen LogP contribution in [0.25, 0.3) is 0 Å². The molecule has 3 nitrogen and oxygen atoms in total. The van der Waals surface area contributed by atoms with Gasteiger partial charge in [0.2, 0.25) is 5.91 Å². The first-order valence-corrected chi connectivity index (χ1v) is 6.72. The fourth-order valence-corrected chi connectivity index (χ4v) is 2.58. The number of amides is 1. The number of rotatable bonds is 3. The van der Waals surface area contributed by atoms with E-state index in [1.54, 1.807) is 6.07 Å². The van der Waals surface area contributed by atoms with Crippen molar-refractivity contribution in [1.82, 2.24) is 0 Å². The van der Waals surface area contributed by atoms with Gasteiger partial charge in [-0.1, -0.05) is 34.6 Å². The van der Waals surface area contributed by atoms with Crippen LogP contribution in [0.15, 0.2) is 22.7 Å². The maximum atomic E-state index is 13.6. The van der Waals surface area contributed by atoms with E-state index in [4.69, 9.17) is 18.0 Å². The fraction of sp³-hybridized carbons (Fsp3) is 0.333. The Bertz CT molecular complexity index is 517. The normalized spacial score (nSPS) is 16.8. The molecule has 0 aromatic heterocycles. The molecule has 1 aromatic rings. The molecule has 0 spiro atoms. The summed E-state index contributed by atoms with van der Waals surface area (Å²) in [5.41, 5.74) is 4.97. The van der Waals surface area contributed by atoms with E-state index in [2.05, 4.69) is 21.2 Å². The van der Waals surface area contributed by atoms with Gasteiger partial charge < -0.3 is 11.1 Å². The molecule has 1 aromatic carbocycles. The van der Waals surface area contributed by atoms with Crippen molar-refractivity contribution in [3.63, 3.8) is 0 Å². The minimum atomic E-state index is -0.797. The molecule has 1 aliphatic carbocycles. The molecule has 0 saturated heterocycles. The van der Waals surface area contributed by atoms with Gasteiger partial charge in [0.15, 0.2) is 0 Å². The number of carbonyl (C=O) groups is 1. The molecule has 1 aliphatic rings. The Morgan fingerprint density at radius 3 is 2.61 bits per heavy atom. The van der Waals surface area contributed by atoms with Crippen LogP contribution in [0, 0.1) is 11.2 Å². The van der Waals surface area contributed by atoms with Gasteiger partial charge in [0.1, 0.15) is 5.82 Å². The van der Waals surface area contributed by atoms with E-state index >= 15 is 0 Å². The Balaban J connectivity index is 2.19. The molecular weight excluding hydrogens is 319 g/mol. The summed E-state index contributed by atoms with van der Waals surface area (Å²) in [6.45, 7) is 0. The zero-order valence-electron chi connectivity index (χ0n) is 9.50. The molecule has 0 atom stereocenters. The van der Waals surface area contributed by atoms with E-state index in [9.17, 15) is 9.18 Å². The molecule has 6 heteroatoms. The van der Waals surface area contributed by atoms with E-state index in [1.807, 2.05) is 0 Å². The summed E-state index contributed by atoms with van der Waals surface area (Å²) < 4.78 is 14.2. The Hall–Kier alpha value is -1.01. The first kappa shape index (κ1) is 13.4. The second-order valence-corrected chi connectivity index (χ2v) is 5.73. The van der Waals surface area contributed by atoms with Crippen molar-refractivity contribution in [1.29, 1.82) is 0 Å². The van der Waals surface area contributed by atoms with Crippen molar-refractivity contribution in [3.8, 4) is 0 Å². The maximum absolute atomic E-state index is 13.6. The van der Waals surface area contributed by atoms with E-state index in [1.165, 1.54) is 12.1 Å². The van der Waals surface area contributed by atoms with E-state index in [0.29, 0.717) is 17.3 Å². The standard InChI is InChI=1S/C12H12BrFN2OS/c13-7-2-3-9(8(14)6-7)16-11(17)12(10(15)18)4-1-5-12/h2-3,6H,1,4-5H2,(H2,15,18)(H,16,17). The maximum Gasteiger partial charge on any atom is 0.237 e. The summed E-state index contributed by atoms with van der Waals surface area (Å²) in [5, 5.41) is 2.56. The number of anilines is 1. The summed E-state index contributed by atoms with van der Waals surface area (Å²) >= 11 is 8.10. The van der Waals surface area contributed by atoms with Gasteiger partial charge in [-0.15, -0.1) is 0 Å². The smallest absolute Gasteiger partial charge is 0.237 e. The predicted octanol–water partition coefficient (Wildman–Crippen LogP) is 2.98. The Kier molecular flexibility index (Phi) is 3.68. The Morgan fingerprint density at radius 1 is 1.50 bits per heavy atom. The number of halogens is 2. The molecule has 2 rings (SSSR count). The molecule has 0 aliphatic heterocycles. The van der Waals surface area contributed by atoms with Gasteiger partial charge in [-0.05, 0) is 31.0 Å². The molecule has 1 saturated carbocycles. The number of benzene rings is 1. The predicted molar refractivity (Wildman–Crippen MR) is 75.8 cm³/mol. The summed E-state index contributed by atoms with van der Waals surface area (Å²) in [7, 11) is 0. The lowest BCUT2D eigenvalue weighted by Gasteiger charge is -2.39. The van der Waals surface area contributed by atoms with E-state index in [-0.39, 0.29) is 16.6 Å². The van der Waals surface area contributed by atoms with Gasteiger partial charge in [-0.2, -0.15) is 0 Å². The van der Waals surface area contributed by atoms with Gasteiger partial charge in [-0.3, -0.25) is 4.79 Å². The number of hydrogen-bond acceptors (Lipinski definition) is 2. The number of nitrogens with one attached hydrogen (secondary N) is 1. The van der Waals surface area contributed by atoms with Crippen molar-refractivity contribution in [3.05, 3.63) is 28.5 Å². The topological polar surface area (TPSA) is 55.1 Å². The van der Waals surface area contributed by atoms with E-state index < -0.39 is 11.2 Å². The van der Waals surface area contributed by atoms with Crippen LogP contribution in [0.2, 0.25) is 0 Å². The fourth-order valence-electron chi connectivity index (χ4n) is 1.95. The zero-order valence-corrected chi connectivity index (χ0v) is 11.9. The molecule has 1 amide bonds. The number of carbonyl (C=O) groups excluding carboxylic acids is 1. The van der Waals surface area contributed by atoms with Crippen LogP contribution < -0.4 is 11.1 Å². The Labute approximate surface area is 118 Å². The highest BCUT2D eigenvalue weighted by molar-refractivity contribution is 9.10. The van der Waals surface area contributed by atoms with Crippen LogP contribution in [0.5, 0.6) is 0 Å². The number of thiocarbonyl (C=S) groups is 1. The average molecular weight is 331 g/mol. The molecule has 3 N–H and O–H groups in total. The largest absolute Gasteiger partial charge is 0.392 e. The van der Waals surface area contributed by atoms with E-state index in [0.717, 1.165) is 6.42 Å². The summed E-state index contributed by atoms with van der Waals surface area (Å²) in [5.74, 6) is -0.808.